The van der Waals surface area contributed by atoms with Crippen LogP contribution in [0.25, 0.3) is 11.1 Å². The van der Waals surface area contributed by atoms with Gasteiger partial charge in [-0.1, -0.05) is 43.3 Å². The highest BCUT2D eigenvalue weighted by atomic mass is 16.5. The van der Waals surface area contributed by atoms with Crippen molar-refractivity contribution in [2.75, 3.05) is 18.5 Å². The molecule has 31 heavy (non-hydrogen) atoms. The van der Waals surface area contributed by atoms with Crippen LogP contribution in [0.15, 0.2) is 52.9 Å². The van der Waals surface area contributed by atoms with Crippen molar-refractivity contribution in [1.82, 2.24) is 4.98 Å². The summed E-state index contributed by atoms with van der Waals surface area (Å²) < 4.78 is 10.8. The molecule has 7 heteroatoms. The monoisotopic (exact) mass is 422 g/mol. The van der Waals surface area contributed by atoms with Crippen molar-refractivity contribution in [1.29, 1.82) is 0 Å². The molecular formula is C24H26N2O5. The standard InChI is InChI=1S/C24H26N2O5/c1-3-21-25-16(2)23(31-21)24(29)26-20-10-8-19(9-11-20)18-6-4-17(5-7-18)12-14-30-15-13-22(27)28/h4-11H,3,12-15H2,1-2H3,(H,26,29)(H,27,28). The van der Waals surface area contributed by atoms with Crippen LogP contribution in [-0.2, 0) is 22.4 Å². The van der Waals surface area contributed by atoms with Crippen LogP contribution in [0.2, 0.25) is 0 Å². The van der Waals surface area contributed by atoms with E-state index in [0.717, 1.165) is 23.1 Å². The van der Waals surface area contributed by atoms with Crippen LogP contribution in [0.4, 0.5) is 5.69 Å². The summed E-state index contributed by atoms with van der Waals surface area (Å²) in [5, 5.41) is 11.4. The molecule has 2 aromatic carbocycles. The fourth-order valence-electron chi connectivity index (χ4n) is 3.06. The number of carboxylic acid groups (broad SMARTS) is 1. The van der Waals surface area contributed by atoms with Crippen molar-refractivity contribution in [2.45, 2.75) is 33.1 Å². The zero-order valence-corrected chi connectivity index (χ0v) is 17.7. The molecule has 7 nitrogen and oxygen atoms in total. The molecule has 0 spiro atoms. The second-order valence-corrected chi connectivity index (χ2v) is 7.11. The lowest BCUT2D eigenvalue weighted by Gasteiger charge is -2.07. The SMILES string of the molecule is CCc1nc(C)c(C(=O)Nc2ccc(-c3ccc(CCOCCC(=O)O)cc3)cc2)o1. The zero-order chi connectivity index (χ0) is 22.2. The lowest BCUT2D eigenvalue weighted by atomic mass is 10.0. The molecule has 1 heterocycles. The average Bonchev–Trinajstić information content (AvgIpc) is 3.15. The fraction of sp³-hybridized carbons (Fsp3) is 0.292. The molecule has 1 aromatic heterocycles. The quantitative estimate of drug-likeness (QED) is 0.467. The molecule has 0 fully saturated rings. The molecule has 2 N–H and O–H groups in total. The van der Waals surface area contributed by atoms with E-state index in [-0.39, 0.29) is 24.7 Å². The van der Waals surface area contributed by atoms with E-state index in [2.05, 4.69) is 10.3 Å². The van der Waals surface area contributed by atoms with Crippen LogP contribution >= 0.6 is 0 Å². The maximum absolute atomic E-state index is 12.4. The first-order chi connectivity index (χ1) is 15.0. The Morgan fingerprint density at radius 1 is 1.03 bits per heavy atom. The first kappa shape index (κ1) is 22.2. The maximum atomic E-state index is 12.4. The van der Waals surface area contributed by atoms with E-state index < -0.39 is 5.97 Å². The Labute approximate surface area is 181 Å². The number of rotatable bonds is 10. The molecule has 0 bridgehead atoms. The van der Waals surface area contributed by atoms with Crippen molar-refractivity contribution in [2.24, 2.45) is 0 Å². The van der Waals surface area contributed by atoms with Crippen molar-refractivity contribution >= 4 is 17.6 Å². The van der Waals surface area contributed by atoms with Gasteiger partial charge in [0.2, 0.25) is 5.76 Å². The van der Waals surface area contributed by atoms with Gasteiger partial charge in [0.1, 0.15) is 0 Å². The molecule has 0 atom stereocenters. The summed E-state index contributed by atoms with van der Waals surface area (Å²) in [7, 11) is 0. The minimum atomic E-state index is -0.853. The molecule has 0 unspecified atom stereocenters. The molecule has 0 aliphatic heterocycles. The van der Waals surface area contributed by atoms with Gasteiger partial charge in [-0.05, 0) is 42.2 Å². The number of ether oxygens (including phenoxy) is 1. The van der Waals surface area contributed by atoms with Crippen molar-refractivity contribution in [3.05, 3.63) is 71.4 Å². The normalized spacial score (nSPS) is 10.8. The van der Waals surface area contributed by atoms with Gasteiger partial charge in [0.15, 0.2) is 5.89 Å². The van der Waals surface area contributed by atoms with Gasteiger partial charge in [0.05, 0.1) is 25.3 Å². The number of carbonyl (C=O) groups excluding carboxylic acids is 1. The molecule has 3 rings (SSSR count). The number of carboxylic acids is 1. The van der Waals surface area contributed by atoms with E-state index in [1.807, 2.05) is 55.5 Å². The molecule has 1 amide bonds. The number of hydrogen-bond acceptors (Lipinski definition) is 5. The van der Waals surface area contributed by atoms with Crippen LogP contribution in [0.3, 0.4) is 0 Å². The first-order valence-corrected chi connectivity index (χ1v) is 10.2. The second kappa shape index (κ2) is 10.5. The van der Waals surface area contributed by atoms with E-state index in [9.17, 15) is 9.59 Å². The third-order valence-corrected chi connectivity index (χ3v) is 4.77. The number of carbonyl (C=O) groups is 2. The summed E-state index contributed by atoms with van der Waals surface area (Å²) >= 11 is 0. The van der Waals surface area contributed by atoms with Crippen LogP contribution in [-0.4, -0.2) is 35.2 Å². The van der Waals surface area contributed by atoms with Crippen LogP contribution in [0, 0.1) is 6.92 Å². The van der Waals surface area contributed by atoms with Gasteiger partial charge < -0.3 is 19.6 Å². The fourth-order valence-corrected chi connectivity index (χ4v) is 3.06. The molecule has 0 radical (unpaired) electrons. The Kier molecular flexibility index (Phi) is 7.56. The van der Waals surface area contributed by atoms with E-state index in [4.69, 9.17) is 14.3 Å². The number of benzene rings is 2. The lowest BCUT2D eigenvalue weighted by molar-refractivity contribution is -0.138. The third-order valence-electron chi connectivity index (χ3n) is 4.77. The molecule has 0 saturated heterocycles. The Hall–Kier alpha value is -3.45. The number of aliphatic carboxylic acids is 1. The number of amides is 1. The van der Waals surface area contributed by atoms with Crippen molar-refractivity contribution < 1.29 is 23.8 Å². The van der Waals surface area contributed by atoms with Gasteiger partial charge in [-0.25, -0.2) is 4.98 Å². The van der Waals surface area contributed by atoms with Crippen LogP contribution in [0.5, 0.6) is 0 Å². The molecule has 0 aliphatic carbocycles. The number of aryl methyl sites for hydroxylation is 2. The summed E-state index contributed by atoms with van der Waals surface area (Å²) in [5.74, 6) is -0.377. The summed E-state index contributed by atoms with van der Waals surface area (Å²) in [6.45, 7) is 4.40. The van der Waals surface area contributed by atoms with Gasteiger partial charge in [-0.3, -0.25) is 9.59 Å². The highest BCUT2D eigenvalue weighted by Crippen LogP contribution is 2.23. The van der Waals surface area contributed by atoms with Crippen molar-refractivity contribution in [3.63, 3.8) is 0 Å². The number of anilines is 1. The summed E-state index contributed by atoms with van der Waals surface area (Å²) in [5.41, 5.74) is 4.48. The summed E-state index contributed by atoms with van der Waals surface area (Å²) in [6.07, 6.45) is 1.39. The highest BCUT2D eigenvalue weighted by Gasteiger charge is 2.16. The number of aromatic nitrogens is 1. The van der Waals surface area contributed by atoms with Crippen LogP contribution < -0.4 is 5.32 Å². The predicted octanol–water partition coefficient (Wildman–Crippen LogP) is 4.50. The van der Waals surface area contributed by atoms with E-state index in [0.29, 0.717) is 30.3 Å². The largest absolute Gasteiger partial charge is 0.481 e. The number of nitrogens with one attached hydrogen (secondary N) is 1. The zero-order valence-electron chi connectivity index (χ0n) is 17.7. The first-order valence-electron chi connectivity index (χ1n) is 10.2. The van der Waals surface area contributed by atoms with Gasteiger partial charge in [-0.2, -0.15) is 0 Å². The van der Waals surface area contributed by atoms with Crippen LogP contribution in [0.1, 0.15) is 41.0 Å². The number of hydrogen-bond donors (Lipinski definition) is 2. The second-order valence-electron chi connectivity index (χ2n) is 7.11. The smallest absolute Gasteiger partial charge is 0.305 e. The molecule has 0 aliphatic rings. The lowest BCUT2D eigenvalue weighted by Crippen LogP contribution is -2.12. The molecular weight excluding hydrogens is 396 g/mol. The predicted molar refractivity (Wildman–Crippen MR) is 117 cm³/mol. The Morgan fingerprint density at radius 3 is 2.26 bits per heavy atom. The van der Waals surface area contributed by atoms with Gasteiger partial charge in [-0.15, -0.1) is 0 Å². The maximum Gasteiger partial charge on any atom is 0.305 e. The minimum Gasteiger partial charge on any atom is -0.481 e. The minimum absolute atomic E-state index is 0.0210. The summed E-state index contributed by atoms with van der Waals surface area (Å²) in [6, 6.07) is 15.7. The Morgan fingerprint density at radius 2 is 1.68 bits per heavy atom. The molecule has 162 valence electrons. The highest BCUT2D eigenvalue weighted by molar-refractivity contribution is 6.03. The Bertz CT molecular complexity index is 1020. The topological polar surface area (TPSA) is 102 Å². The van der Waals surface area contributed by atoms with Crippen molar-refractivity contribution in [3.8, 4) is 11.1 Å². The van der Waals surface area contributed by atoms with E-state index in [1.165, 1.54) is 0 Å². The Balaban J connectivity index is 1.55. The van der Waals surface area contributed by atoms with E-state index in [1.54, 1.807) is 6.92 Å². The third kappa shape index (κ3) is 6.26. The van der Waals surface area contributed by atoms with Gasteiger partial charge in [0.25, 0.3) is 5.91 Å². The molecule has 0 saturated carbocycles. The van der Waals surface area contributed by atoms with Gasteiger partial charge in [0, 0.05) is 12.1 Å². The number of nitrogens with zero attached hydrogens (tertiary/aromatic N) is 1. The summed E-state index contributed by atoms with van der Waals surface area (Å²) in [4.78, 5) is 27.1. The number of oxazole rings is 1. The average molecular weight is 422 g/mol. The van der Waals surface area contributed by atoms with Gasteiger partial charge >= 0.3 is 5.97 Å². The molecule has 3 aromatic rings. The van der Waals surface area contributed by atoms with E-state index >= 15 is 0 Å².